The van der Waals surface area contributed by atoms with E-state index in [2.05, 4.69) is 16.7 Å². The lowest BCUT2D eigenvalue weighted by Gasteiger charge is -2.22. The van der Waals surface area contributed by atoms with Crippen molar-refractivity contribution in [1.29, 1.82) is 5.26 Å². The number of nitrogens with zero attached hydrogens (tertiary/aromatic N) is 2. The lowest BCUT2D eigenvalue weighted by atomic mass is 10.1. The first-order chi connectivity index (χ1) is 18.0. The molecule has 0 saturated carbocycles. The Hall–Kier alpha value is -4.32. The molecule has 9 nitrogen and oxygen atoms in total. The average Bonchev–Trinajstić information content (AvgIpc) is 3.34. The number of unbranched alkanes of at least 4 members (excludes halogenated alkanes) is 3. The third-order valence-corrected chi connectivity index (χ3v) is 5.94. The fourth-order valence-corrected chi connectivity index (χ4v) is 3.96. The normalized spacial score (nSPS) is 11.4. The zero-order valence-electron chi connectivity index (χ0n) is 20.7. The molecule has 1 heterocycles. The number of rotatable bonds is 14. The minimum atomic E-state index is -1.05. The van der Waals surface area contributed by atoms with Crippen molar-refractivity contribution in [2.75, 3.05) is 13.1 Å². The first-order valence-corrected chi connectivity index (χ1v) is 12.4. The summed E-state index contributed by atoms with van der Waals surface area (Å²) < 4.78 is 5.63. The molecule has 3 rings (SSSR count). The van der Waals surface area contributed by atoms with Gasteiger partial charge in [0.15, 0.2) is 5.76 Å². The monoisotopic (exact) mass is 504 g/mol. The Bertz CT molecular complexity index is 1190. The maximum Gasteiger partial charge on any atom is 0.407 e. The van der Waals surface area contributed by atoms with Crippen LogP contribution < -0.4 is 10.6 Å². The van der Waals surface area contributed by atoms with Gasteiger partial charge in [-0.25, -0.2) is 4.79 Å². The molecule has 3 N–H and O–H groups in total. The van der Waals surface area contributed by atoms with Crippen molar-refractivity contribution in [3.63, 3.8) is 0 Å². The molecule has 9 heteroatoms. The molecule has 3 aromatic rings. The Labute approximate surface area is 216 Å². The second-order valence-corrected chi connectivity index (χ2v) is 8.77. The first kappa shape index (κ1) is 27.3. The van der Waals surface area contributed by atoms with Crippen molar-refractivity contribution in [3.8, 4) is 6.07 Å². The van der Waals surface area contributed by atoms with E-state index in [4.69, 9.17) is 9.68 Å². The molecular formula is C28H32N4O5. The predicted octanol–water partition coefficient (Wildman–Crippen LogP) is 4.69. The molecule has 0 bridgehead atoms. The van der Waals surface area contributed by atoms with Crippen LogP contribution in [0, 0.1) is 11.3 Å². The van der Waals surface area contributed by atoms with Gasteiger partial charge in [0.05, 0.1) is 6.07 Å². The van der Waals surface area contributed by atoms with Crippen LogP contribution in [-0.4, -0.2) is 47.0 Å². The highest BCUT2D eigenvalue weighted by atomic mass is 16.4. The van der Waals surface area contributed by atoms with Crippen LogP contribution in [-0.2, 0) is 11.3 Å². The van der Waals surface area contributed by atoms with Crippen LogP contribution in [0.1, 0.15) is 54.6 Å². The van der Waals surface area contributed by atoms with Crippen LogP contribution in [0.4, 0.5) is 4.79 Å². The molecule has 0 fully saturated rings. The number of amides is 3. The number of hydrogen-bond acceptors (Lipinski definition) is 5. The Morgan fingerprint density at radius 3 is 2.49 bits per heavy atom. The van der Waals surface area contributed by atoms with Gasteiger partial charge in [-0.2, -0.15) is 5.26 Å². The minimum absolute atomic E-state index is 0.103. The first-order valence-electron chi connectivity index (χ1n) is 12.4. The molecule has 0 aliphatic heterocycles. The van der Waals surface area contributed by atoms with E-state index >= 15 is 0 Å². The molecule has 194 valence electrons. The Morgan fingerprint density at radius 2 is 1.76 bits per heavy atom. The van der Waals surface area contributed by atoms with Gasteiger partial charge in [-0.1, -0.05) is 55.0 Å². The number of carbonyl (C=O) groups excluding carboxylic acids is 2. The molecule has 0 unspecified atom stereocenters. The molecular weight excluding hydrogens is 472 g/mol. The lowest BCUT2D eigenvalue weighted by molar-refractivity contribution is -0.123. The van der Waals surface area contributed by atoms with Gasteiger partial charge >= 0.3 is 6.09 Å². The maximum absolute atomic E-state index is 12.9. The second kappa shape index (κ2) is 14.3. The summed E-state index contributed by atoms with van der Waals surface area (Å²) in [5.74, 6) is -0.744. The third-order valence-electron chi connectivity index (χ3n) is 5.94. The zero-order valence-corrected chi connectivity index (χ0v) is 20.7. The Balaban J connectivity index is 1.61. The highest BCUT2D eigenvalue weighted by Crippen LogP contribution is 2.19. The standard InChI is InChI=1S/C28H32N4O5/c29-16-8-1-2-9-17-30-26(33)23(31-27(34)25-19-22-13-6-7-15-24(22)37-25)14-10-18-32(28(35)36)20-21-11-4-3-5-12-21/h3-7,11-13,15,19,23H,1-2,8-10,14,17-18,20H2,(H,30,33)(H,31,34)(H,35,36)/t23-/m0/s1. The number of hydrogen-bond donors (Lipinski definition) is 3. The van der Waals surface area contributed by atoms with Crippen LogP contribution in [0.25, 0.3) is 11.0 Å². The molecule has 0 aliphatic carbocycles. The van der Waals surface area contributed by atoms with E-state index in [0.29, 0.717) is 25.0 Å². The van der Waals surface area contributed by atoms with Crippen molar-refractivity contribution in [1.82, 2.24) is 15.5 Å². The summed E-state index contributed by atoms with van der Waals surface area (Å²) in [5.41, 5.74) is 1.44. The zero-order chi connectivity index (χ0) is 26.5. The van der Waals surface area contributed by atoms with Gasteiger partial charge < -0.3 is 25.1 Å². The van der Waals surface area contributed by atoms with Gasteiger partial charge in [0.2, 0.25) is 5.91 Å². The largest absolute Gasteiger partial charge is 0.465 e. The molecule has 0 spiro atoms. The summed E-state index contributed by atoms with van der Waals surface area (Å²) in [6.45, 7) is 0.875. The number of nitriles is 1. The summed E-state index contributed by atoms with van der Waals surface area (Å²) in [6, 6.07) is 19.4. The second-order valence-electron chi connectivity index (χ2n) is 8.77. The van der Waals surface area contributed by atoms with Crippen LogP contribution in [0.5, 0.6) is 0 Å². The minimum Gasteiger partial charge on any atom is -0.465 e. The van der Waals surface area contributed by atoms with E-state index in [-0.39, 0.29) is 31.2 Å². The average molecular weight is 505 g/mol. The van der Waals surface area contributed by atoms with Crippen molar-refractivity contribution < 1.29 is 23.9 Å². The number of benzene rings is 2. The van der Waals surface area contributed by atoms with E-state index in [1.54, 1.807) is 12.1 Å². The quantitative estimate of drug-likeness (QED) is 0.273. The van der Waals surface area contributed by atoms with Gasteiger partial charge in [-0.15, -0.1) is 0 Å². The van der Waals surface area contributed by atoms with E-state index in [1.807, 2.05) is 48.5 Å². The topological polar surface area (TPSA) is 136 Å². The fraction of sp³-hybridized carbons (Fsp3) is 0.357. The van der Waals surface area contributed by atoms with Crippen molar-refractivity contribution in [3.05, 3.63) is 72.0 Å². The molecule has 0 saturated heterocycles. The predicted molar refractivity (Wildman–Crippen MR) is 139 cm³/mol. The van der Waals surface area contributed by atoms with Gasteiger partial charge in [0, 0.05) is 31.4 Å². The van der Waals surface area contributed by atoms with Crippen LogP contribution in [0.15, 0.2) is 65.1 Å². The van der Waals surface area contributed by atoms with E-state index in [1.165, 1.54) is 4.90 Å². The van der Waals surface area contributed by atoms with Gasteiger partial charge in [-0.3, -0.25) is 9.59 Å². The van der Waals surface area contributed by atoms with Crippen LogP contribution in [0.3, 0.4) is 0 Å². The summed E-state index contributed by atoms with van der Waals surface area (Å²) in [5, 5.41) is 24.6. The van der Waals surface area contributed by atoms with Gasteiger partial charge in [0.25, 0.3) is 5.91 Å². The molecule has 0 radical (unpaired) electrons. The number of fused-ring (bicyclic) bond motifs is 1. The Morgan fingerprint density at radius 1 is 1.00 bits per heavy atom. The molecule has 0 aliphatic rings. The lowest BCUT2D eigenvalue weighted by Crippen LogP contribution is -2.47. The third kappa shape index (κ3) is 8.69. The fourth-order valence-electron chi connectivity index (χ4n) is 3.96. The summed E-state index contributed by atoms with van der Waals surface area (Å²) in [4.78, 5) is 38.9. The molecule has 1 aromatic heterocycles. The van der Waals surface area contributed by atoms with Gasteiger partial charge in [-0.05, 0) is 43.4 Å². The smallest absolute Gasteiger partial charge is 0.407 e. The molecule has 1 atom stereocenters. The summed E-state index contributed by atoms with van der Waals surface area (Å²) >= 11 is 0. The van der Waals surface area contributed by atoms with Crippen molar-refractivity contribution in [2.24, 2.45) is 0 Å². The highest BCUT2D eigenvalue weighted by Gasteiger charge is 2.24. The van der Waals surface area contributed by atoms with E-state index < -0.39 is 18.0 Å². The SMILES string of the molecule is N#CCCCCCNC(=O)[C@H](CCCN(Cc1ccccc1)C(=O)O)NC(=O)c1cc2ccccc2o1. The van der Waals surface area contributed by atoms with Crippen molar-refractivity contribution >= 4 is 28.9 Å². The van der Waals surface area contributed by atoms with Crippen LogP contribution >= 0.6 is 0 Å². The number of para-hydroxylation sites is 1. The number of carboxylic acid groups (broad SMARTS) is 1. The molecule has 2 aromatic carbocycles. The molecule has 3 amide bonds. The number of nitrogens with one attached hydrogen (secondary N) is 2. The summed E-state index contributed by atoms with van der Waals surface area (Å²) in [7, 11) is 0. The summed E-state index contributed by atoms with van der Waals surface area (Å²) in [6.07, 6.45) is 2.37. The van der Waals surface area contributed by atoms with E-state index in [9.17, 15) is 19.5 Å². The van der Waals surface area contributed by atoms with Gasteiger partial charge in [0.1, 0.15) is 11.6 Å². The van der Waals surface area contributed by atoms with Crippen molar-refractivity contribution in [2.45, 2.75) is 51.1 Å². The molecule has 37 heavy (non-hydrogen) atoms. The van der Waals surface area contributed by atoms with E-state index in [0.717, 1.165) is 30.2 Å². The van der Waals surface area contributed by atoms with Crippen LogP contribution in [0.2, 0.25) is 0 Å². The number of carbonyl (C=O) groups is 3. The maximum atomic E-state index is 12.9. The highest BCUT2D eigenvalue weighted by molar-refractivity contribution is 5.98. The number of furan rings is 1. The Kier molecular flexibility index (Phi) is 10.5.